The Morgan fingerprint density at radius 3 is 2.64 bits per heavy atom. The first-order valence-corrected chi connectivity index (χ1v) is 12.2. The van der Waals surface area contributed by atoms with Crippen LogP contribution in [0.15, 0.2) is 63.2 Å². The summed E-state index contributed by atoms with van der Waals surface area (Å²) in [6.45, 7) is 8.73. The number of hydrogen-bond acceptors (Lipinski definition) is 4. The van der Waals surface area contributed by atoms with Crippen molar-refractivity contribution in [2.75, 3.05) is 6.54 Å². The van der Waals surface area contributed by atoms with Crippen LogP contribution in [0.2, 0.25) is 0 Å². The third-order valence-electron chi connectivity index (χ3n) is 7.11. The predicted molar refractivity (Wildman–Crippen MR) is 133 cm³/mol. The molecule has 2 atom stereocenters. The molecule has 6 nitrogen and oxygen atoms in total. The minimum Gasteiger partial charge on any atom is -0.493 e. The molecule has 5 rings (SSSR count). The van der Waals surface area contributed by atoms with Crippen LogP contribution in [0.1, 0.15) is 50.4 Å². The predicted octanol–water partition coefficient (Wildman–Crippen LogP) is 6.89. The van der Waals surface area contributed by atoms with E-state index in [2.05, 4.69) is 51.8 Å². The number of carbonyl (C=O) groups excluding carboxylic acids is 1. The lowest BCUT2D eigenvalue weighted by atomic mass is 9.65. The molecule has 0 unspecified atom stereocenters. The number of aromatic nitrogens is 1. The summed E-state index contributed by atoms with van der Waals surface area (Å²) >= 11 is 3.38. The molecule has 1 aliphatic heterocycles. The first kappa shape index (κ1) is 22.3. The number of carbonyl (C=O) groups is 1. The highest BCUT2D eigenvalue weighted by molar-refractivity contribution is 9.10. The van der Waals surface area contributed by atoms with Crippen molar-refractivity contribution in [3.8, 4) is 5.88 Å². The van der Waals surface area contributed by atoms with Crippen molar-refractivity contribution in [2.45, 2.75) is 52.7 Å². The van der Waals surface area contributed by atoms with Crippen LogP contribution in [-0.4, -0.2) is 33.1 Å². The zero-order valence-corrected chi connectivity index (χ0v) is 20.8. The molecule has 1 N–H and O–H groups in total. The lowest BCUT2D eigenvalue weighted by molar-refractivity contribution is 0.0994. The highest BCUT2D eigenvalue weighted by Crippen LogP contribution is 2.53. The van der Waals surface area contributed by atoms with Gasteiger partial charge in [0.25, 0.3) is 5.91 Å². The number of halogens is 1. The van der Waals surface area contributed by atoms with Crippen molar-refractivity contribution in [1.82, 2.24) is 9.47 Å². The summed E-state index contributed by atoms with van der Waals surface area (Å²) < 4.78 is 2.57. The van der Waals surface area contributed by atoms with E-state index in [1.165, 1.54) is 12.8 Å². The number of amides is 1. The third-order valence-corrected chi connectivity index (χ3v) is 7.80. The molecule has 1 saturated heterocycles. The fourth-order valence-corrected chi connectivity index (χ4v) is 6.68. The largest absolute Gasteiger partial charge is 0.493 e. The Hall–Kier alpha value is -2.51. The van der Waals surface area contributed by atoms with Crippen molar-refractivity contribution in [2.24, 2.45) is 21.1 Å². The average molecular weight is 509 g/mol. The summed E-state index contributed by atoms with van der Waals surface area (Å²) in [6.07, 6.45) is 3.58. The molecular formula is C26H29BrN4O2. The number of likely N-dealkylation sites (tertiary alicyclic amines) is 1. The van der Waals surface area contributed by atoms with Crippen LogP contribution in [0.5, 0.6) is 5.88 Å². The summed E-state index contributed by atoms with van der Waals surface area (Å²) in [4.78, 5) is 15.1. The summed E-state index contributed by atoms with van der Waals surface area (Å²) in [6, 6.07) is 15.4. The lowest BCUT2D eigenvalue weighted by Gasteiger charge is -2.40. The van der Waals surface area contributed by atoms with Crippen molar-refractivity contribution in [3.63, 3.8) is 0 Å². The maximum atomic E-state index is 12.6. The molecule has 1 amide bonds. The SMILES string of the molecule is CC1(C)C[C@H]2C[C@](C)(CN2Cn2c(O)c(N=NC(=O)c3ccccc3Br)c3ccccc32)C1. The number of aromatic hydroxyl groups is 1. The van der Waals surface area contributed by atoms with E-state index in [1.54, 1.807) is 18.2 Å². The van der Waals surface area contributed by atoms with Gasteiger partial charge in [-0.1, -0.05) is 51.1 Å². The van der Waals surface area contributed by atoms with E-state index in [-0.39, 0.29) is 5.88 Å². The zero-order valence-electron chi connectivity index (χ0n) is 19.3. The Labute approximate surface area is 202 Å². The Bertz CT molecular complexity index is 1260. The second kappa shape index (κ2) is 8.06. The zero-order chi connectivity index (χ0) is 23.4. The quantitative estimate of drug-likeness (QED) is 0.390. The number of para-hydroxylation sites is 1. The van der Waals surface area contributed by atoms with E-state index in [0.717, 1.165) is 23.9 Å². The van der Waals surface area contributed by atoms with E-state index in [1.807, 2.05) is 34.9 Å². The van der Waals surface area contributed by atoms with Gasteiger partial charge in [-0.3, -0.25) is 14.3 Å². The van der Waals surface area contributed by atoms with Crippen molar-refractivity contribution >= 4 is 38.4 Å². The first-order valence-electron chi connectivity index (χ1n) is 11.4. The maximum Gasteiger partial charge on any atom is 0.296 e. The Morgan fingerprint density at radius 2 is 1.85 bits per heavy atom. The molecule has 172 valence electrons. The highest BCUT2D eigenvalue weighted by atomic mass is 79.9. The highest BCUT2D eigenvalue weighted by Gasteiger charge is 2.49. The number of rotatable bonds is 4. The lowest BCUT2D eigenvalue weighted by Crippen LogP contribution is -2.35. The monoisotopic (exact) mass is 508 g/mol. The number of fused-ring (bicyclic) bond motifs is 3. The van der Waals surface area contributed by atoms with E-state index in [9.17, 15) is 9.90 Å². The summed E-state index contributed by atoms with van der Waals surface area (Å²) in [7, 11) is 0. The van der Waals surface area contributed by atoms with Gasteiger partial charge in [0.05, 0.1) is 17.7 Å². The normalized spacial score (nSPS) is 24.7. The van der Waals surface area contributed by atoms with Crippen molar-refractivity contribution < 1.29 is 9.90 Å². The summed E-state index contributed by atoms with van der Waals surface area (Å²) in [5.41, 5.74) is 2.30. The van der Waals surface area contributed by atoms with Gasteiger partial charge in [0.15, 0.2) is 5.69 Å². The molecule has 1 aromatic heterocycles. The Morgan fingerprint density at radius 1 is 1.12 bits per heavy atom. The van der Waals surface area contributed by atoms with Gasteiger partial charge in [-0.05, 0) is 64.2 Å². The molecule has 2 fully saturated rings. The Kier molecular flexibility index (Phi) is 5.45. The van der Waals surface area contributed by atoms with E-state index in [4.69, 9.17) is 0 Å². The molecule has 7 heteroatoms. The van der Waals surface area contributed by atoms with Crippen LogP contribution in [0.25, 0.3) is 10.9 Å². The molecule has 1 saturated carbocycles. The molecule has 0 spiro atoms. The van der Waals surface area contributed by atoms with Gasteiger partial charge in [-0.25, -0.2) is 0 Å². The van der Waals surface area contributed by atoms with E-state index in [0.29, 0.717) is 39.3 Å². The summed E-state index contributed by atoms with van der Waals surface area (Å²) in [5, 5.41) is 20.1. The summed E-state index contributed by atoms with van der Waals surface area (Å²) in [5.74, 6) is -0.409. The molecule has 1 aliphatic carbocycles. The molecule has 33 heavy (non-hydrogen) atoms. The van der Waals surface area contributed by atoms with Gasteiger partial charge >= 0.3 is 0 Å². The molecule has 0 radical (unpaired) electrons. The fraction of sp³-hybridized carbons (Fsp3) is 0.423. The van der Waals surface area contributed by atoms with Gasteiger partial charge in [0.1, 0.15) is 0 Å². The first-order chi connectivity index (χ1) is 15.7. The van der Waals surface area contributed by atoms with Crippen molar-refractivity contribution in [1.29, 1.82) is 0 Å². The number of azo groups is 1. The molecular weight excluding hydrogens is 480 g/mol. The molecule has 2 heterocycles. The second-order valence-corrected chi connectivity index (χ2v) is 11.6. The number of nitrogens with zero attached hydrogens (tertiary/aromatic N) is 4. The van der Waals surface area contributed by atoms with Gasteiger partial charge in [-0.2, -0.15) is 0 Å². The van der Waals surface area contributed by atoms with Crippen LogP contribution >= 0.6 is 15.9 Å². The van der Waals surface area contributed by atoms with Crippen LogP contribution in [0.4, 0.5) is 5.69 Å². The van der Waals surface area contributed by atoms with Crippen LogP contribution < -0.4 is 0 Å². The standard InChI is InChI=1S/C26H29BrN4O2/c1-25(2)12-17-13-26(3,14-25)15-30(17)16-31-21-11-7-5-9-19(21)22(24(31)33)28-29-23(32)18-8-4-6-10-20(18)27/h4-11,17,33H,12-16H2,1-3H3/t17-,26-/m0/s1. The van der Waals surface area contributed by atoms with Gasteiger partial charge in [0.2, 0.25) is 5.88 Å². The number of hydrogen-bond donors (Lipinski definition) is 1. The van der Waals surface area contributed by atoms with E-state index < -0.39 is 5.91 Å². The average Bonchev–Trinajstić information content (AvgIpc) is 3.15. The smallest absolute Gasteiger partial charge is 0.296 e. The molecule has 2 aliphatic rings. The topological polar surface area (TPSA) is 70.2 Å². The second-order valence-electron chi connectivity index (χ2n) is 10.7. The molecule has 2 bridgehead atoms. The molecule has 3 aromatic rings. The van der Waals surface area contributed by atoms with Gasteiger partial charge in [-0.15, -0.1) is 10.2 Å². The van der Waals surface area contributed by atoms with Gasteiger partial charge < -0.3 is 5.11 Å². The van der Waals surface area contributed by atoms with Crippen LogP contribution in [0.3, 0.4) is 0 Å². The maximum absolute atomic E-state index is 12.6. The minimum atomic E-state index is -0.456. The van der Waals surface area contributed by atoms with Gasteiger partial charge in [0, 0.05) is 22.4 Å². The van der Waals surface area contributed by atoms with E-state index >= 15 is 0 Å². The van der Waals surface area contributed by atoms with Crippen molar-refractivity contribution in [3.05, 3.63) is 58.6 Å². The van der Waals surface area contributed by atoms with Crippen LogP contribution in [0, 0.1) is 10.8 Å². The minimum absolute atomic E-state index is 0.0470. The van der Waals surface area contributed by atoms with Crippen LogP contribution in [-0.2, 0) is 6.67 Å². The third kappa shape index (κ3) is 4.13. The Balaban J connectivity index is 1.48. The molecule has 2 aromatic carbocycles. The number of benzene rings is 2. The fourth-order valence-electron chi connectivity index (χ4n) is 6.22.